The van der Waals surface area contributed by atoms with Gasteiger partial charge in [0, 0.05) is 17.6 Å². The van der Waals surface area contributed by atoms with Gasteiger partial charge in [-0.25, -0.2) is 9.78 Å². The maximum atomic E-state index is 12.7. The summed E-state index contributed by atoms with van der Waals surface area (Å²) in [5.41, 5.74) is 2.01. The van der Waals surface area contributed by atoms with Gasteiger partial charge in [-0.1, -0.05) is 17.7 Å². The first kappa shape index (κ1) is 15.6. The Morgan fingerprint density at radius 3 is 2.87 bits per heavy atom. The summed E-state index contributed by atoms with van der Waals surface area (Å²) in [7, 11) is 0. The van der Waals surface area contributed by atoms with E-state index in [1.807, 2.05) is 0 Å². The minimum atomic E-state index is -0.812. The number of nitrogens with one attached hydrogen (secondary N) is 1. The van der Waals surface area contributed by atoms with Crippen molar-refractivity contribution in [2.24, 2.45) is 0 Å². The number of anilines is 1. The summed E-state index contributed by atoms with van der Waals surface area (Å²) in [4.78, 5) is 33.3. The number of carbonyl (C=O) groups is 2. The number of Topliss-reactive ketones (excluding diaryl/α,β-unsaturated/α-hetero) is 1. The van der Waals surface area contributed by atoms with Crippen LogP contribution in [0.5, 0.6) is 0 Å². The molecule has 3 rings (SSSR count). The van der Waals surface area contributed by atoms with Gasteiger partial charge in [-0.05, 0) is 31.5 Å². The van der Waals surface area contributed by atoms with E-state index in [9.17, 15) is 9.59 Å². The Labute approximate surface area is 138 Å². The van der Waals surface area contributed by atoms with Gasteiger partial charge in [0.05, 0.1) is 18.0 Å². The van der Waals surface area contributed by atoms with E-state index < -0.39 is 12.1 Å². The highest BCUT2D eigenvalue weighted by Gasteiger charge is 2.40. The summed E-state index contributed by atoms with van der Waals surface area (Å²) >= 11 is 6.02. The lowest BCUT2D eigenvalue weighted by Gasteiger charge is -2.23. The van der Waals surface area contributed by atoms with Crippen LogP contribution in [0, 0.1) is 13.3 Å². The van der Waals surface area contributed by atoms with Crippen LogP contribution in [0.1, 0.15) is 28.8 Å². The van der Waals surface area contributed by atoms with Crippen LogP contribution in [-0.2, 0) is 4.74 Å². The fourth-order valence-corrected chi connectivity index (χ4v) is 2.71. The van der Waals surface area contributed by atoms with Crippen molar-refractivity contribution in [1.82, 2.24) is 9.97 Å². The molecule has 23 heavy (non-hydrogen) atoms. The number of hydrogen-bond donors (Lipinski definition) is 1. The lowest BCUT2D eigenvalue weighted by atomic mass is 10.1. The predicted molar refractivity (Wildman–Crippen MR) is 85.8 cm³/mol. The zero-order chi connectivity index (χ0) is 16.6. The Balaban J connectivity index is 1.99. The molecule has 1 amide bonds. The van der Waals surface area contributed by atoms with Crippen LogP contribution in [0.2, 0.25) is 5.02 Å². The van der Waals surface area contributed by atoms with Crippen molar-refractivity contribution in [3.8, 4) is 0 Å². The minimum absolute atomic E-state index is 0.206. The van der Waals surface area contributed by atoms with Gasteiger partial charge in [-0.2, -0.15) is 0 Å². The smallest absolute Gasteiger partial charge is 0.414 e. The molecule has 2 aromatic rings. The molecular weight excluding hydrogens is 318 g/mol. The highest BCUT2D eigenvalue weighted by Crippen LogP contribution is 2.37. The summed E-state index contributed by atoms with van der Waals surface area (Å²) in [6, 6.07) is 4.31. The molecule has 1 N–H and O–H groups in total. The number of aryl methyl sites for hydroxylation is 1. The fraction of sp³-hybridized carbons (Fsp3) is 0.250. The number of nitrogens with zero attached hydrogens (tertiary/aromatic N) is 2. The van der Waals surface area contributed by atoms with Crippen molar-refractivity contribution in [3.05, 3.63) is 52.9 Å². The second kappa shape index (κ2) is 6.04. The van der Waals surface area contributed by atoms with Gasteiger partial charge < -0.3 is 9.72 Å². The van der Waals surface area contributed by atoms with Crippen LogP contribution in [-0.4, -0.2) is 34.5 Å². The highest BCUT2D eigenvalue weighted by atomic mass is 35.5. The van der Waals surface area contributed by atoms with E-state index in [1.165, 1.54) is 4.90 Å². The SMILES string of the molecule is CCOC(=O)N1c2cc(Cl)ccc2[CH]C1C(=O)c1nc(C)c[nH]1. The van der Waals surface area contributed by atoms with Crippen LogP contribution in [0.4, 0.5) is 10.5 Å². The number of amides is 1. The molecule has 119 valence electrons. The van der Waals surface area contributed by atoms with Crippen LogP contribution < -0.4 is 4.90 Å². The van der Waals surface area contributed by atoms with E-state index in [0.29, 0.717) is 16.4 Å². The van der Waals surface area contributed by atoms with Crippen molar-refractivity contribution in [2.45, 2.75) is 19.9 Å². The fourth-order valence-electron chi connectivity index (χ4n) is 2.54. The number of aromatic nitrogens is 2. The number of imidazole rings is 1. The summed E-state index contributed by atoms with van der Waals surface area (Å²) in [6.45, 7) is 3.71. The molecule has 6 nitrogen and oxygen atoms in total. The lowest BCUT2D eigenvalue weighted by Crippen LogP contribution is -2.43. The standard InChI is InChI=1S/C16H15ClN3O3/c1-3-23-16(22)20-12-7-11(17)5-4-10(12)6-13(20)14(21)15-18-8-9(2)19-15/h4-8,13H,3H2,1-2H3,(H,18,19). The molecule has 7 heteroatoms. The Morgan fingerprint density at radius 2 is 2.22 bits per heavy atom. The van der Waals surface area contributed by atoms with Crippen molar-refractivity contribution in [2.75, 3.05) is 11.5 Å². The Hall–Kier alpha value is -2.34. The average Bonchev–Trinajstić information content (AvgIpc) is 3.10. The molecule has 1 radical (unpaired) electrons. The van der Waals surface area contributed by atoms with E-state index in [-0.39, 0.29) is 18.2 Å². The first-order valence-corrected chi connectivity index (χ1v) is 7.55. The van der Waals surface area contributed by atoms with E-state index in [0.717, 1.165) is 5.56 Å². The quantitative estimate of drug-likeness (QED) is 0.876. The average molecular weight is 333 g/mol. The monoisotopic (exact) mass is 332 g/mol. The Kier molecular flexibility index (Phi) is 4.09. The number of carbonyl (C=O) groups excluding carboxylic acids is 2. The molecule has 0 spiro atoms. The zero-order valence-corrected chi connectivity index (χ0v) is 13.4. The molecule has 1 aliphatic heterocycles. The van der Waals surface area contributed by atoms with Crippen LogP contribution in [0.3, 0.4) is 0 Å². The molecule has 1 aromatic heterocycles. The molecule has 1 atom stereocenters. The number of benzene rings is 1. The second-order valence-corrected chi connectivity index (χ2v) is 5.57. The lowest BCUT2D eigenvalue weighted by molar-refractivity contribution is 0.0953. The predicted octanol–water partition coefficient (Wildman–Crippen LogP) is 3.15. The van der Waals surface area contributed by atoms with Gasteiger partial charge in [-0.15, -0.1) is 0 Å². The maximum absolute atomic E-state index is 12.7. The second-order valence-electron chi connectivity index (χ2n) is 5.14. The molecule has 0 saturated carbocycles. The third-order valence-corrected chi connectivity index (χ3v) is 3.78. The first-order chi connectivity index (χ1) is 11.0. The Morgan fingerprint density at radius 1 is 1.43 bits per heavy atom. The van der Waals surface area contributed by atoms with Gasteiger partial charge >= 0.3 is 6.09 Å². The normalized spacial score (nSPS) is 16.3. The molecule has 1 aliphatic rings. The van der Waals surface area contributed by atoms with E-state index >= 15 is 0 Å². The largest absolute Gasteiger partial charge is 0.449 e. The summed E-state index contributed by atoms with van der Waals surface area (Å²) in [5.74, 6) is -0.101. The first-order valence-electron chi connectivity index (χ1n) is 7.18. The van der Waals surface area contributed by atoms with Crippen molar-refractivity contribution < 1.29 is 14.3 Å². The van der Waals surface area contributed by atoms with Crippen LogP contribution in [0.15, 0.2) is 24.4 Å². The number of ketones is 1. The van der Waals surface area contributed by atoms with Gasteiger partial charge in [0.25, 0.3) is 0 Å². The third kappa shape index (κ3) is 2.82. The number of rotatable bonds is 3. The van der Waals surface area contributed by atoms with Crippen LogP contribution >= 0.6 is 11.6 Å². The molecule has 0 fully saturated rings. The number of halogens is 1. The van der Waals surface area contributed by atoms with Gasteiger partial charge in [0.2, 0.25) is 5.78 Å². The van der Waals surface area contributed by atoms with Crippen molar-refractivity contribution in [1.29, 1.82) is 0 Å². The number of fused-ring (bicyclic) bond motifs is 1. The molecular formula is C16H15ClN3O3. The maximum Gasteiger partial charge on any atom is 0.414 e. The van der Waals surface area contributed by atoms with Crippen molar-refractivity contribution >= 4 is 29.2 Å². The molecule has 2 heterocycles. The summed E-state index contributed by atoms with van der Waals surface area (Å²) in [6.07, 6.45) is 2.76. The summed E-state index contributed by atoms with van der Waals surface area (Å²) < 4.78 is 5.09. The third-order valence-electron chi connectivity index (χ3n) is 3.54. The zero-order valence-electron chi connectivity index (χ0n) is 12.7. The van der Waals surface area contributed by atoms with Crippen LogP contribution in [0.25, 0.3) is 0 Å². The topological polar surface area (TPSA) is 75.3 Å². The number of H-pyrrole nitrogens is 1. The van der Waals surface area contributed by atoms with E-state index in [1.54, 1.807) is 44.7 Å². The number of hydrogen-bond acceptors (Lipinski definition) is 4. The molecule has 0 saturated heterocycles. The number of aromatic amines is 1. The molecule has 0 bridgehead atoms. The molecule has 1 aromatic carbocycles. The Bertz CT molecular complexity index is 772. The van der Waals surface area contributed by atoms with Gasteiger partial charge in [-0.3, -0.25) is 9.69 Å². The molecule has 0 aliphatic carbocycles. The number of ether oxygens (including phenoxy) is 1. The van der Waals surface area contributed by atoms with E-state index in [2.05, 4.69) is 9.97 Å². The minimum Gasteiger partial charge on any atom is -0.449 e. The van der Waals surface area contributed by atoms with Crippen molar-refractivity contribution in [3.63, 3.8) is 0 Å². The highest BCUT2D eigenvalue weighted by molar-refractivity contribution is 6.31. The molecule has 1 unspecified atom stereocenters. The summed E-state index contributed by atoms with van der Waals surface area (Å²) in [5, 5.41) is 0.480. The van der Waals surface area contributed by atoms with E-state index in [4.69, 9.17) is 16.3 Å². The van der Waals surface area contributed by atoms with Gasteiger partial charge in [0.1, 0.15) is 6.04 Å². The van der Waals surface area contributed by atoms with Gasteiger partial charge in [0.15, 0.2) is 5.82 Å².